The van der Waals surface area contributed by atoms with E-state index in [0.29, 0.717) is 17.2 Å². The second kappa shape index (κ2) is 8.05. The molecule has 5 aromatic rings. The molecule has 4 nitrogen and oxygen atoms in total. The first-order valence-corrected chi connectivity index (χ1v) is 11.2. The van der Waals surface area contributed by atoms with Gasteiger partial charge in [-0.05, 0) is 60.5 Å². The Morgan fingerprint density at radius 1 is 0.848 bits per heavy atom. The number of fused-ring (bicyclic) bond motifs is 2. The van der Waals surface area contributed by atoms with E-state index in [1.54, 1.807) is 6.20 Å². The van der Waals surface area contributed by atoms with Crippen molar-refractivity contribution in [3.8, 4) is 22.3 Å². The van der Waals surface area contributed by atoms with Crippen molar-refractivity contribution in [3.05, 3.63) is 84.8 Å². The van der Waals surface area contributed by atoms with Crippen LogP contribution < -0.4 is 5.32 Å². The number of benzene rings is 3. The van der Waals surface area contributed by atoms with Gasteiger partial charge in [-0.1, -0.05) is 36.4 Å². The maximum atomic E-state index is 14.9. The SMILES string of the molecule is Fc1ccc(-c2cnc3c(ncn3C3CCNCC3)c2-c2ccc3ccccc3c2)c(F)c1. The fourth-order valence-electron chi connectivity index (χ4n) is 4.88. The molecule has 6 heteroatoms. The molecule has 0 bridgehead atoms. The zero-order chi connectivity index (χ0) is 22.4. The van der Waals surface area contributed by atoms with Crippen LogP contribution in [0.4, 0.5) is 8.78 Å². The van der Waals surface area contributed by atoms with Crippen LogP contribution in [0.3, 0.4) is 0 Å². The lowest BCUT2D eigenvalue weighted by Crippen LogP contribution is -2.29. The standard InChI is InChI=1S/C27H22F2N4/c28-20-7-8-22(24(29)14-20)23-15-31-27-26(32-16-33(27)21-9-11-30-12-10-21)25(23)19-6-5-17-3-1-2-4-18(17)13-19/h1-8,13-16,21,30H,9-12H2. The van der Waals surface area contributed by atoms with Gasteiger partial charge in [0.15, 0.2) is 5.65 Å². The number of aromatic nitrogens is 3. The Bertz CT molecular complexity index is 1480. The number of piperidine rings is 1. The number of imidazole rings is 1. The van der Waals surface area contributed by atoms with Crippen LogP contribution in [-0.4, -0.2) is 27.6 Å². The lowest BCUT2D eigenvalue weighted by Gasteiger charge is -2.24. The zero-order valence-corrected chi connectivity index (χ0v) is 17.9. The summed E-state index contributed by atoms with van der Waals surface area (Å²) in [6.45, 7) is 1.92. The number of nitrogens with zero attached hydrogens (tertiary/aromatic N) is 3. The molecule has 0 amide bonds. The Balaban J connectivity index is 1.62. The molecular formula is C27H22F2N4. The van der Waals surface area contributed by atoms with Crippen molar-refractivity contribution in [1.82, 2.24) is 19.9 Å². The van der Waals surface area contributed by atoms with Gasteiger partial charge in [0.2, 0.25) is 0 Å². The van der Waals surface area contributed by atoms with Crippen LogP contribution >= 0.6 is 0 Å². The van der Waals surface area contributed by atoms with Crippen molar-refractivity contribution in [2.75, 3.05) is 13.1 Å². The largest absolute Gasteiger partial charge is 0.317 e. The van der Waals surface area contributed by atoms with Crippen molar-refractivity contribution in [1.29, 1.82) is 0 Å². The van der Waals surface area contributed by atoms with Crippen molar-refractivity contribution >= 4 is 21.9 Å². The first kappa shape index (κ1) is 20.0. The van der Waals surface area contributed by atoms with Gasteiger partial charge < -0.3 is 9.88 Å². The lowest BCUT2D eigenvalue weighted by atomic mass is 9.93. The van der Waals surface area contributed by atoms with Gasteiger partial charge in [0, 0.05) is 35.0 Å². The molecule has 1 fully saturated rings. The molecule has 0 atom stereocenters. The van der Waals surface area contributed by atoms with E-state index in [1.807, 2.05) is 24.5 Å². The minimum atomic E-state index is -0.615. The maximum Gasteiger partial charge on any atom is 0.160 e. The Hall–Kier alpha value is -3.64. The van der Waals surface area contributed by atoms with E-state index in [2.05, 4.69) is 34.1 Å². The average molecular weight is 440 g/mol. The number of hydrogen-bond donors (Lipinski definition) is 1. The minimum absolute atomic E-state index is 0.311. The van der Waals surface area contributed by atoms with Crippen LogP contribution in [0, 0.1) is 11.6 Å². The van der Waals surface area contributed by atoms with Crippen molar-refractivity contribution in [2.24, 2.45) is 0 Å². The number of pyridine rings is 1. The summed E-state index contributed by atoms with van der Waals surface area (Å²) in [5.74, 6) is -1.22. The smallest absolute Gasteiger partial charge is 0.160 e. The van der Waals surface area contributed by atoms with Crippen LogP contribution in [0.25, 0.3) is 44.2 Å². The van der Waals surface area contributed by atoms with E-state index in [4.69, 9.17) is 9.97 Å². The molecule has 2 aromatic heterocycles. The fraction of sp³-hybridized carbons (Fsp3) is 0.185. The van der Waals surface area contributed by atoms with Gasteiger partial charge in [-0.2, -0.15) is 0 Å². The van der Waals surface area contributed by atoms with Gasteiger partial charge in [0.05, 0.1) is 6.33 Å². The van der Waals surface area contributed by atoms with Crippen molar-refractivity contribution < 1.29 is 8.78 Å². The van der Waals surface area contributed by atoms with Crippen LogP contribution in [-0.2, 0) is 0 Å². The molecule has 164 valence electrons. The van der Waals surface area contributed by atoms with Gasteiger partial charge in [-0.25, -0.2) is 18.7 Å². The zero-order valence-electron chi connectivity index (χ0n) is 17.9. The van der Waals surface area contributed by atoms with Gasteiger partial charge in [0.1, 0.15) is 17.2 Å². The molecule has 3 heterocycles. The fourth-order valence-corrected chi connectivity index (χ4v) is 4.88. The molecule has 0 unspecified atom stereocenters. The van der Waals surface area contributed by atoms with Crippen LogP contribution in [0.1, 0.15) is 18.9 Å². The molecule has 1 saturated heterocycles. The highest BCUT2D eigenvalue weighted by atomic mass is 19.1. The number of nitrogens with one attached hydrogen (secondary N) is 1. The summed E-state index contributed by atoms with van der Waals surface area (Å²) in [6.07, 6.45) is 5.56. The van der Waals surface area contributed by atoms with E-state index in [-0.39, 0.29) is 0 Å². The summed E-state index contributed by atoms with van der Waals surface area (Å²) < 4.78 is 30.7. The Labute approximate surface area is 189 Å². The molecule has 0 aliphatic carbocycles. The quantitative estimate of drug-likeness (QED) is 0.367. The van der Waals surface area contributed by atoms with E-state index in [1.165, 1.54) is 12.1 Å². The number of rotatable bonds is 3. The van der Waals surface area contributed by atoms with Gasteiger partial charge >= 0.3 is 0 Å². The Morgan fingerprint density at radius 2 is 1.67 bits per heavy atom. The van der Waals surface area contributed by atoms with Crippen LogP contribution in [0.15, 0.2) is 73.2 Å². The third kappa shape index (κ3) is 3.47. The number of hydrogen-bond acceptors (Lipinski definition) is 3. The summed E-state index contributed by atoms with van der Waals surface area (Å²) in [5, 5.41) is 5.61. The molecule has 33 heavy (non-hydrogen) atoms. The monoisotopic (exact) mass is 440 g/mol. The Kier molecular flexibility index (Phi) is 4.88. The molecule has 1 N–H and O–H groups in total. The average Bonchev–Trinajstić information content (AvgIpc) is 3.28. The summed E-state index contributed by atoms with van der Waals surface area (Å²) >= 11 is 0. The predicted octanol–water partition coefficient (Wildman–Crippen LogP) is 6.12. The second-order valence-corrected chi connectivity index (χ2v) is 8.54. The first-order valence-electron chi connectivity index (χ1n) is 11.2. The van der Waals surface area contributed by atoms with E-state index in [0.717, 1.165) is 65.1 Å². The summed E-state index contributed by atoms with van der Waals surface area (Å²) in [5.41, 5.74) is 4.16. The van der Waals surface area contributed by atoms with E-state index >= 15 is 0 Å². The highest BCUT2D eigenvalue weighted by molar-refractivity contribution is 6.01. The molecule has 0 saturated carbocycles. The van der Waals surface area contributed by atoms with Crippen molar-refractivity contribution in [3.63, 3.8) is 0 Å². The summed E-state index contributed by atoms with van der Waals surface area (Å²) in [6, 6.07) is 18.3. The molecule has 1 aliphatic rings. The number of halogens is 2. The molecule has 0 radical (unpaired) electrons. The highest BCUT2D eigenvalue weighted by Crippen LogP contribution is 2.39. The van der Waals surface area contributed by atoms with Crippen LogP contribution in [0.2, 0.25) is 0 Å². The lowest BCUT2D eigenvalue weighted by molar-refractivity contribution is 0.373. The van der Waals surface area contributed by atoms with E-state index in [9.17, 15) is 8.78 Å². The normalized spacial score (nSPS) is 14.8. The summed E-state index contributed by atoms with van der Waals surface area (Å²) in [7, 11) is 0. The maximum absolute atomic E-state index is 14.9. The first-order chi connectivity index (χ1) is 16.2. The Morgan fingerprint density at radius 3 is 2.48 bits per heavy atom. The van der Waals surface area contributed by atoms with Gasteiger partial charge in [0.25, 0.3) is 0 Å². The molecule has 0 spiro atoms. The van der Waals surface area contributed by atoms with E-state index < -0.39 is 11.6 Å². The molecule has 1 aliphatic heterocycles. The third-order valence-electron chi connectivity index (χ3n) is 6.55. The molecule has 6 rings (SSSR count). The topological polar surface area (TPSA) is 42.7 Å². The highest BCUT2D eigenvalue weighted by Gasteiger charge is 2.23. The molecule has 3 aromatic carbocycles. The minimum Gasteiger partial charge on any atom is -0.317 e. The third-order valence-corrected chi connectivity index (χ3v) is 6.55. The van der Waals surface area contributed by atoms with Crippen LogP contribution in [0.5, 0.6) is 0 Å². The predicted molar refractivity (Wildman–Crippen MR) is 127 cm³/mol. The van der Waals surface area contributed by atoms with Gasteiger partial charge in [-0.3, -0.25) is 0 Å². The van der Waals surface area contributed by atoms with Gasteiger partial charge in [-0.15, -0.1) is 0 Å². The molecular weight excluding hydrogens is 418 g/mol. The summed E-state index contributed by atoms with van der Waals surface area (Å²) in [4.78, 5) is 9.49. The second-order valence-electron chi connectivity index (χ2n) is 8.54. The van der Waals surface area contributed by atoms with Crippen molar-refractivity contribution in [2.45, 2.75) is 18.9 Å².